The first kappa shape index (κ1) is 11.6. The van der Waals surface area contributed by atoms with E-state index in [0.717, 1.165) is 0 Å². The van der Waals surface area contributed by atoms with Gasteiger partial charge in [-0.2, -0.15) is 0 Å². The molecule has 0 aliphatic carbocycles. The zero-order valence-electron chi connectivity index (χ0n) is 9.21. The molecule has 0 spiro atoms. The van der Waals surface area contributed by atoms with E-state index in [1.165, 1.54) is 37.4 Å². The van der Waals surface area contributed by atoms with Gasteiger partial charge in [-0.3, -0.25) is 0 Å². The summed E-state index contributed by atoms with van der Waals surface area (Å²) in [6, 6.07) is 8.33. The maximum atomic E-state index is 13.7. The largest absolute Gasteiger partial charge is 0.497 e. The van der Waals surface area contributed by atoms with Gasteiger partial charge in [0.05, 0.1) is 7.11 Å². The second kappa shape index (κ2) is 4.57. The Morgan fingerprint density at radius 1 is 1.12 bits per heavy atom. The predicted octanol–water partition coefficient (Wildman–Crippen LogP) is 2.43. The van der Waals surface area contributed by atoms with E-state index >= 15 is 0 Å². The molecule has 0 aromatic heterocycles. The molecule has 17 heavy (non-hydrogen) atoms. The number of rotatable bonds is 2. The van der Waals surface area contributed by atoms with E-state index in [0.29, 0.717) is 11.3 Å². The quantitative estimate of drug-likeness (QED) is 0.720. The van der Waals surface area contributed by atoms with Crippen LogP contribution in [0.3, 0.4) is 0 Å². The number of hydrogen-bond acceptors (Lipinski definition) is 1. The molecule has 0 saturated carbocycles. The SMILES string of the molecule is [B]c1cc(F)c(-c2cccc(F)c2)cc1OC. The van der Waals surface area contributed by atoms with Crippen molar-refractivity contribution in [1.82, 2.24) is 0 Å². The topological polar surface area (TPSA) is 9.23 Å². The lowest BCUT2D eigenvalue weighted by atomic mass is 9.91. The fourth-order valence-electron chi connectivity index (χ4n) is 1.62. The van der Waals surface area contributed by atoms with Crippen LogP contribution < -0.4 is 10.2 Å². The third-order valence-electron chi connectivity index (χ3n) is 2.46. The number of ether oxygens (including phenoxy) is 1. The van der Waals surface area contributed by atoms with Gasteiger partial charge < -0.3 is 4.74 Å². The molecule has 0 aliphatic heterocycles. The molecule has 0 amide bonds. The third-order valence-corrected chi connectivity index (χ3v) is 2.46. The van der Waals surface area contributed by atoms with Crippen molar-refractivity contribution in [2.45, 2.75) is 0 Å². The lowest BCUT2D eigenvalue weighted by Crippen LogP contribution is -2.08. The molecule has 0 aliphatic rings. The Balaban J connectivity index is 2.59. The maximum Gasteiger partial charge on any atom is 0.130 e. The van der Waals surface area contributed by atoms with E-state index in [1.54, 1.807) is 6.07 Å². The van der Waals surface area contributed by atoms with Crippen LogP contribution in [0.15, 0.2) is 36.4 Å². The van der Waals surface area contributed by atoms with Gasteiger partial charge in [-0.05, 0) is 29.8 Å². The Morgan fingerprint density at radius 3 is 2.53 bits per heavy atom. The molecule has 0 N–H and O–H groups in total. The van der Waals surface area contributed by atoms with Crippen LogP contribution in [0.1, 0.15) is 0 Å². The van der Waals surface area contributed by atoms with E-state index in [2.05, 4.69) is 0 Å². The summed E-state index contributed by atoms with van der Waals surface area (Å²) in [5.41, 5.74) is 0.918. The Bertz CT molecular complexity index is 555. The van der Waals surface area contributed by atoms with Gasteiger partial charge in [-0.25, -0.2) is 8.78 Å². The van der Waals surface area contributed by atoms with Crippen molar-refractivity contribution in [3.8, 4) is 16.9 Å². The summed E-state index contributed by atoms with van der Waals surface area (Å²) in [5, 5.41) is 0. The monoisotopic (exact) mass is 230 g/mol. The Morgan fingerprint density at radius 2 is 1.88 bits per heavy atom. The lowest BCUT2D eigenvalue weighted by Gasteiger charge is -2.10. The van der Waals surface area contributed by atoms with E-state index in [-0.39, 0.29) is 11.0 Å². The van der Waals surface area contributed by atoms with Crippen molar-refractivity contribution in [3.05, 3.63) is 48.0 Å². The average molecular weight is 230 g/mol. The van der Waals surface area contributed by atoms with Crippen LogP contribution in [-0.4, -0.2) is 15.0 Å². The second-order valence-corrected chi connectivity index (χ2v) is 3.58. The molecular formula is C13H9BF2O. The molecule has 0 unspecified atom stereocenters. The average Bonchev–Trinajstić information content (AvgIpc) is 2.29. The summed E-state index contributed by atoms with van der Waals surface area (Å²) < 4.78 is 31.8. The molecule has 1 nitrogen and oxygen atoms in total. The predicted molar refractivity (Wildman–Crippen MR) is 63.7 cm³/mol. The van der Waals surface area contributed by atoms with Gasteiger partial charge >= 0.3 is 0 Å². The Hall–Kier alpha value is -1.84. The van der Waals surface area contributed by atoms with Gasteiger partial charge in [0.25, 0.3) is 0 Å². The van der Waals surface area contributed by atoms with Gasteiger partial charge in [0, 0.05) is 5.56 Å². The molecule has 2 rings (SSSR count). The number of halogens is 2. The lowest BCUT2D eigenvalue weighted by molar-refractivity contribution is 0.417. The molecule has 0 atom stereocenters. The van der Waals surface area contributed by atoms with Gasteiger partial charge in [0.2, 0.25) is 0 Å². The van der Waals surface area contributed by atoms with Crippen molar-refractivity contribution < 1.29 is 13.5 Å². The molecule has 4 heteroatoms. The first-order valence-corrected chi connectivity index (χ1v) is 5.01. The summed E-state index contributed by atoms with van der Waals surface area (Å²) in [5.74, 6) is -0.558. The highest BCUT2D eigenvalue weighted by molar-refractivity contribution is 6.34. The molecule has 2 aromatic rings. The summed E-state index contributed by atoms with van der Waals surface area (Å²) in [6.07, 6.45) is 0. The van der Waals surface area contributed by atoms with Crippen LogP contribution in [0.2, 0.25) is 0 Å². The van der Waals surface area contributed by atoms with Crippen molar-refractivity contribution in [2.24, 2.45) is 0 Å². The fourth-order valence-corrected chi connectivity index (χ4v) is 1.62. The van der Waals surface area contributed by atoms with Gasteiger partial charge in [0.1, 0.15) is 25.2 Å². The smallest absolute Gasteiger partial charge is 0.130 e. The second-order valence-electron chi connectivity index (χ2n) is 3.58. The third kappa shape index (κ3) is 2.30. The maximum absolute atomic E-state index is 13.7. The number of methoxy groups -OCH3 is 1. The minimum absolute atomic E-state index is 0.213. The number of benzene rings is 2. The molecule has 2 aromatic carbocycles. The van der Waals surface area contributed by atoms with Crippen LogP contribution in [0.25, 0.3) is 11.1 Å². The summed E-state index contributed by atoms with van der Waals surface area (Å²) >= 11 is 0. The Kier molecular flexibility index (Phi) is 3.13. The highest BCUT2D eigenvalue weighted by atomic mass is 19.1. The molecule has 0 saturated heterocycles. The molecule has 0 fully saturated rings. The zero-order valence-corrected chi connectivity index (χ0v) is 9.21. The van der Waals surface area contributed by atoms with Crippen LogP contribution in [0, 0.1) is 11.6 Å². The molecular weight excluding hydrogens is 221 g/mol. The Labute approximate surface area is 99.4 Å². The van der Waals surface area contributed by atoms with Crippen LogP contribution in [0.5, 0.6) is 5.75 Å². The van der Waals surface area contributed by atoms with Crippen LogP contribution in [0.4, 0.5) is 8.78 Å². The van der Waals surface area contributed by atoms with Gasteiger partial charge in [-0.15, -0.1) is 0 Å². The number of hydrogen-bond donors (Lipinski definition) is 0. The molecule has 0 bridgehead atoms. The van der Waals surface area contributed by atoms with Crippen LogP contribution in [-0.2, 0) is 0 Å². The van der Waals surface area contributed by atoms with E-state index in [9.17, 15) is 8.78 Å². The molecule has 2 radical (unpaired) electrons. The fraction of sp³-hybridized carbons (Fsp3) is 0.0769. The van der Waals surface area contributed by atoms with Crippen molar-refractivity contribution in [2.75, 3.05) is 7.11 Å². The molecule has 84 valence electrons. The minimum Gasteiger partial charge on any atom is -0.497 e. The van der Waals surface area contributed by atoms with Crippen molar-refractivity contribution >= 4 is 13.3 Å². The highest BCUT2D eigenvalue weighted by Crippen LogP contribution is 2.26. The van der Waals surface area contributed by atoms with E-state index < -0.39 is 11.6 Å². The van der Waals surface area contributed by atoms with Crippen molar-refractivity contribution in [3.63, 3.8) is 0 Å². The normalized spacial score (nSPS) is 10.3. The van der Waals surface area contributed by atoms with Gasteiger partial charge in [-0.1, -0.05) is 17.6 Å². The first-order valence-electron chi connectivity index (χ1n) is 5.01. The van der Waals surface area contributed by atoms with Crippen molar-refractivity contribution in [1.29, 1.82) is 0 Å². The minimum atomic E-state index is -0.506. The van der Waals surface area contributed by atoms with Gasteiger partial charge in [0.15, 0.2) is 0 Å². The zero-order chi connectivity index (χ0) is 12.4. The standard InChI is InChI=1S/C13H9BF2O/c1-17-13-6-10(12(16)7-11(13)14)8-3-2-4-9(15)5-8/h2-7H,1H3. The van der Waals surface area contributed by atoms with Crippen LogP contribution >= 0.6 is 0 Å². The van der Waals surface area contributed by atoms with E-state index in [4.69, 9.17) is 12.6 Å². The summed E-state index contributed by atoms with van der Waals surface area (Å²) in [4.78, 5) is 0. The summed E-state index contributed by atoms with van der Waals surface area (Å²) in [6.45, 7) is 0. The van der Waals surface area contributed by atoms with E-state index in [1.807, 2.05) is 0 Å². The first-order chi connectivity index (χ1) is 8.11. The summed E-state index contributed by atoms with van der Waals surface area (Å²) in [7, 11) is 7.01. The highest BCUT2D eigenvalue weighted by Gasteiger charge is 2.09. The molecule has 0 heterocycles.